The van der Waals surface area contributed by atoms with Crippen LogP contribution in [-0.4, -0.2) is 6.54 Å². The normalized spacial score (nSPS) is 12.4. The van der Waals surface area contributed by atoms with E-state index in [1.165, 1.54) is 6.07 Å². The van der Waals surface area contributed by atoms with Crippen molar-refractivity contribution in [3.63, 3.8) is 0 Å². The topological polar surface area (TPSA) is 12.0 Å². The van der Waals surface area contributed by atoms with E-state index in [0.29, 0.717) is 17.0 Å². The van der Waals surface area contributed by atoms with Crippen LogP contribution in [0.2, 0.25) is 5.02 Å². The molecule has 0 aromatic heterocycles. The number of nitrogens with one attached hydrogen (secondary N) is 1. The molecule has 0 spiro atoms. The van der Waals surface area contributed by atoms with E-state index in [-0.39, 0.29) is 11.9 Å². The molecule has 0 aliphatic carbocycles. The number of hydrogen-bond donors (Lipinski definition) is 1. The summed E-state index contributed by atoms with van der Waals surface area (Å²) >= 11 is 9.53. The quantitative estimate of drug-likeness (QED) is 0.782. The van der Waals surface area contributed by atoms with Gasteiger partial charge < -0.3 is 5.32 Å². The average Bonchev–Trinajstić information content (AvgIpc) is 2.43. The average molecular weight is 357 g/mol. The summed E-state index contributed by atoms with van der Waals surface area (Å²) in [6.45, 7) is 2.77. The standard InChI is InChI=1S/C16H16BrClFN/c1-2-20-16(9-11-5-3-4-6-14(11)17)13-10-12(18)7-8-15(13)19/h3-8,10,16,20H,2,9H2,1H3. The van der Waals surface area contributed by atoms with E-state index >= 15 is 0 Å². The summed E-state index contributed by atoms with van der Waals surface area (Å²) in [5.41, 5.74) is 1.74. The van der Waals surface area contributed by atoms with Crippen LogP contribution in [0.25, 0.3) is 0 Å². The summed E-state index contributed by atoms with van der Waals surface area (Å²) in [4.78, 5) is 0. The lowest BCUT2D eigenvalue weighted by Crippen LogP contribution is -2.24. The molecule has 0 aliphatic rings. The monoisotopic (exact) mass is 355 g/mol. The van der Waals surface area contributed by atoms with Gasteiger partial charge in [0.1, 0.15) is 5.82 Å². The molecule has 0 saturated heterocycles. The fourth-order valence-electron chi connectivity index (χ4n) is 2.20. The first-order chi connectivity index (χ1) is 9.61. The highest BCUT2D eigenvalue weighted by Crippen LogP contribution is 2.27. The van der Waals surface area contributed by atoms with Crippen LogP contribution in [0.4, 0.5) is 4.39 Å². The van der Waals surface area contributed by atoms with E-state index < -0.39 is 0 Å². The van der Waals surface area contributed by atoms with Gasteiger partial charge in [-0.25, -0.2) is 4.39 Å². The molecule has 1 N–H and O–H groups in total. The van der Waals surface area contributed by atoms with Gasteiger partial charge in [-0.05, 0) is 42.8 Å². The maximum absolute atomic E-state index is 14.0. The Bertz CT molecular complexity index is 588. The molecule has 1 nitrogen and oxygen atoms in total. The van der Waals surface area contributed by atoms with Gasteiger partial charge in [-0.2, -0.15) is 0 Å². The van der Waals surface area contributed by atoms with Crippen LogP contribution >= 0.6 is 27.5 Å². The van der Waals surface area contributed by atoms with Crippen LogP contribution in [-0.2, 0) is 6.42 Å². The number of benzene rings is 2. The Balaban J connectivity index is 2.32. The zero-order valence-electron chi connectivity index (χ0n) is 11.2. The Morgan fingerprint density at radius 2 is 2.00 bits per heavy atom. The molecule has 0 aliphatic heterocycles. The fourth-order valence-corrected chi connectivity index (χ4v) is 2.83. The third-order valence-electron chi connectivity index (χ3n) is 3.17. The second kappa shape index (κ2) is 7.21. The third-order valence-corrected chi connectivity index (χ3v) is 4.17. The molecule has 0 heterocycles. The van der Waals surface area contributed by atoms with Crippen molar-refractivity contribution in [2.75, 3.05) is 6.54 Å². The van der Waals surface area contributed by atoms with Gasteiger partial charge in [0.15, 0.2) is 0 Å². The van der Waals surface area contributed by atoms with E-state index in [0.717, 1.165) is 16.6 Å². The van der Waals surface area contributed by atoms with Gasteiger partial charge >= 0.3 is 0 Å². The molecule has 0 bridgehead atoms. The minimum Gasteiger partial charge on any atom is -0.310 e. The van der Waals surface area contributed by atoms with E-state index in [9.17, 15) is 4.39 Å². The largest absolute Gasteiger partial charge is 0.310 e. The second-order valence-electron chi connectivity index (χ2n) is 4.57. The van der Waals surface area contributed by atoms with Crippen molar-refractivity contribution in [2.45, 2.75) is 19.4 Å². The van der Waals surface area contributed by atoms with Gasteiger partial charge in [0.25, 0.3) is 0 Å². The van der Waals surface area contributed by atoms with Crippen molar-refractivity contribution < 1.29 is 4.39 Å². The van der Waals surface area contributed by atoms with E-state index in [2.05, 4.69) is 21.2 Å². The smallest absolute Gasteiger partial charge is 0.128 e. The molecular weight excluding hydrogens is 341 g/mol. The third kappa shape index (κ3) is 3.81. The van der Waals surface area contributed by atoms with Crippen LogP contribution in [0, 0.1) is 5.82 Å². The lowest BCUT2D eigenvalue weighted by Gasteiger charge is -2.20. The van der Waals surface area contributed by atoms with Crippen molar-refractivity contribution in [3.05, 3.63) is 68.9 Å². The first-order valence-electron chi connectivity index (χ1n) is 6.53. The molecule has 1 atom stereocenters. The summed E-state index contributed by atoms with van der Waals surface area (Å²) < 4.78 is 15.1. The van der Waals surface area contributed by atoms with Crippen molar-refractivity contribution in [1.82, 2.24) is 5.32 Å². The molecule has 0 amide bonds. The van der Waals surface area contributed by atoms with Gasteiger partial charge in [0.2, 0.25) is 0 Å². The Hall–Kier alpha value is -0.900. The summed E-state index contributed by atoms with van der Waals surface area (Å²) in [6.07, 6.45) is 0.701. The minimum absolute atomic E-state index is 0.0996. The van der Waals surface area contributed by atoms with Crippen molar-refractivity contribution in [3.8, 4) is 0 Å². The Morgan fingerprint density at radius 3 is 2.70 bits per heavy atom. The molecule has 2 aromatic carbocycles. The van der Waals surface area contributed by atoms with Crippen molar-refractivity contribution >= 4 is 27.5 Å². The SMILES string of the molecule is CCNC(Cc1ccccc1Br)c1cc(Cl)ccc1F. The predicted octanol–water partition coefficient (Wildman–Crippen LogP) is 5.13. The number of halogens is 3. The molecule has 2 aromatic rings. The van der Waals surface area contributed by atoms with Crippen molar-refractivity contribution in [2.24, 2.45) is 0 Å². The molecule has 0 saturated carbocycles. The Morgan fingerprint density at radius 1 is 1.25 bits per heavy atom. The van der Waals surface area contributed by atoms with Gasteiger partial charge in [-0.3, -0.25) is 0 Å². The second-order valence-corrected chi connectivity index (χ2v) is 5.86. The maximum Gasteiger partial charge on any atom is 0.128 e. The summed E-state index contributed by atoms with van der Waals surface area (Å²) in [6, 6.07) is 12.6. The molecule has 2 rings (SSSR count). The molecule has 0 fully saturated rings. The highest BCUT2D eigenvalue weighted by molar-refractivity contribution is 9.10. The first-order valence-corrected chi connectivity index (χ1v) is 7.70. The zero-order valence-corrected chi connectivity index (χ0v) is 13.5. The molecule has 106 valence electrons. The lowest BCUT2D eigenvalue weighted by molar-refractivity contribution is 0.509. The Labute approximate surface area is 132 Å². The highest BCUT2D eigenvalue weighted by Gasteiger charge is 2.17. The molecule has 0 radical (unpaired) electrons. The Kier molecular flexibility index (Phi) is 5.58. The molecule has 4 heteroatoms. The maximum atomic E-state index is 14.0. The van der Waals surface area contributed by atoms with E-state index in [1.54, 1.807) is 12.1 Å². The zero-order chi connectivity index (χ0) is 14.5. The molecule has 20 heavy (non-hydrogen) atoms. The van der Waals surface area contributed by atoms with Crippen molar-refractivity contribution in [1.29, 1.82) is 0 Å². The van der Waals surface area contributed by atoms with Gasteiger partial charge in [0, 0.05) is 21.1 Å². The van der Waals surface area contributed by atoms with Crippen LogP contribution in [0.1, 0.15) is 24.1 Å². The first kappa shape index (κ1) is 15.5. The van der Waals surface area contributed by atoms with Gasteiger partial charge in [-0.1, -0.05) is 52.7 Å². The van der Waals surface area contributed by atoms with E-state index in [1.807, 2.05) is 31.2 Å². The van der Waals surface area contributed by atoms with Gasteiger partial charge in [-0.15, -0.1) is 0 Å². The van der Waals surface area contributed by atoms with Crippen LogP contribution < -0.4 is 5.32 Å². The lowest BCUT2D eigenvalue weighted by atomic mass is 9.98. The summed E-state index contributed by atoms with van der Waals surface area (Å²) in [5, 5.41) is 3.88. The minimum atomic E-state index is -0.229. The number of likely N-dealkylation sites (N-methyl/N-ethyl adjacent to an activating group) is 1. The molecule has 1 unspecified atom stereocenters. The molecular formula is C16H16BrClFN. The fraction of sp³-hybridized carbons (Fsp3) is 0.250. The van der Waals surface area contributed by atoms with Gasteiger partial charge in [0.05, 0.1) is 0 Å². The predicted molar refractivity (Wildman–Crippen MR) is 85.7 cm³/mol. The summed E-state index contributed by atoms with van der Waals surface area (Å²) in [7, 11) is 0. The highest BCUT2D eigenvalue weighted by atomic mass is 79.9. The van der Waals surface area contributed by atoms with E-state index in [4.69, 9.17) is 11.6 Å². The number of rotatable bonds is 5. The van der Waals surface area contributed by atoms with Crippen LogP contribution in [0.5, 0.6) is 0 Å². The van der Waals surface area contributed by atoms with Crippen LogP contribution in [0.3, 0.4) is 0 Å². The summed E-state index contributed by atoms with van der Waals surface area (Å²) in [5.74, 6) is -0.229. The van der Waals surface area contributed by atoms with Crippen LogP contribution in [0.15, 0.2) is 46.9 Å². The number of hydrogen-bond acceptors (Lipinski definition) is 1.